The molecule has 3 nitrogen and oxygen atoms in total. The van der Waals surface area contributed by atoms with Gasteiger partial charge in [0.05, 0.1) is 17.2 Å². The summed E-state index contributed by atoms with van der Waals surface area (Å²) in [7, 11) is 0. The summed E-state index contributed by atoms with van der Waals surface area (Å²) in [6.45, 7) is 6.89. The van der Waals surface area contributed by atoms with Crippen LogP contribution in [-0.4, -0.2) is 16.0 Å². The van der Waals surface area contributed by atoms with Crippen molar-refractivity contribution >= 4 is 0 Å². The summed E-state index contributed by atoms with van der Waals surface area (Å²) in [5.41, 5.74) is 2.66. The lowest BCUT2D eigenvalue weighted by molar-refractivity contribution is -0.137. The fourth-order valence-corrected chi connectivity index (χ4v) is 3.68. The van der Waals surface area contributed by atoms with Gasteiger partial charge in [0.15, 0.2) is 0 Å². The molecule has 0 saturated carbocycles. The van der Waals surface area contributed by atoms with E-state index in [4.69, 9.17) is 0 Å². The first-order valence-electron chi connectivity index (χ1n) is 10.8. The molecule has 0 spiro atoms. The average Bonchev–Trinajstić information content (AvgIpc) is 3.18. The molecule has 3 aromatic rings. The number of alkyl halides is 3. The van der Waals surface area contributed by atoms with Crippen molar-refractivity contribution in [3.63, 3.8) is 0 Å². The molecule has 0 radical (unpaired) electrons. The van der Waals surface area contributed by atoms with Gasteiger partial charge in [-0.3, -0.25) is 4.90 Å². The predicted octanol–water partition coefficient (Wildman–Crippen LogP) is 6.48. The van der Waals surface area contributed by atoms with Gasteiger partial charge in [-0.25, -0.2) is 0 Å². The smallest absolute Gasteiger partial charge is 0.346 e. The molecule has 1 aromatic heterocycles. The van der Waals surface area contributed by atoms with Crippen LogP contribution in [0.25, 0.3) is 0 Å². The van der Waals surface area contributed by atoms with Crippen LogP contribution in [0.2, 0.25) is 0 Å². The molecule has 0 saturated heterocycles. The van der Waals surface area contributed by atoms with Crippen molar-refractivity contribution in [1.29, 1.82) is 5.26 Å². The molecule has 0 fully saturated rings. The Labute approximate surface area is 187 Å². The van der Waals surface area contributed by atoms with Crippen LogP contribution >= 0.6 is 0 Å². The van der Waals surface area contributed by atoms with Crippen molar-refractivity contribution < 1.29 is 13.2 Å². The second-order valence-electron chi connectivity index (χ2n) is 8.49. The number of hydrogen-bond acceptors (Lipinski definition) is 2. The average molecular weight is 440 g/mol. The quantitative estimate of drug-likeness (QED) is 0.382. The zero-order chi connectivity index (χ0) is 23.1. The minimum absolute atomic E-state index is 0.374. The van der Waals surface area contributed by atoms with Gasteiger partial charge in [0.1, 0.15) is 0 Å². The monoisotopic (exact) mass is 439 g/mol. The van der Waals surface area contributed by atoms with Crippen LogP contribution in [0.1, 0.15) is 48.2 Å². The molecule has 1 heterocycles. The summed E-state index contributed by atoms with van der Waals surface area (Å²) in [4.78, 5) is 2.30. The molecule has 0 bridgehead atoms. The number of halogens is 3. The zero-order valence-corrected chi connectivity index (χ0v) is 18.4. The maximum Gasteiger partial charge on any atom is 0.416 e. The number of hydrogen-bond donors (Lipinski definition) is 0. The second kappa shape index (κ2) is 10.5. The fourth-order valence-electron chi connectivity index (χ4n) is 3.68. The van der Waals surface area contributed by atoms with Crippen molar-refractivity contribution in [3.05, 3.63) is 94.8 Å². The normalized spacial score (nSPS) is 11.8. The summed E-state index contributed by atoms with van der Waals surface area (Å²) in [6.07, 6.45) is -1.43. The Balaban J connectivity index is 1.79. The van der Waals surface area contributed by atoms with Crippen LogP contribution in [-0.2, 0) is 25.8 Å². The Morgan fingerprint density at radius 2 is 1.78 bits per heavy atom. The molecule has 3 rings (SSSR count). The Morgan fingerprint density at radius 1 is 1.00 bits per heavy atom. The van der Waals surface area contributed by atoms with Gasteiger partial charge >= 0.3 is 6.18 Å². The molecule has 0 atom stereocenters. The highest BCUT2D eigenvalue weighted by Crippen LogP contribution is 2.29. The Morgan fingerprint density at radius 3 is 2.50 bits per heavy atom. The van der Waals surface area contributed by atoms with Gasteiger partial charge in [-0.15, -0.1) is 0 Å². The van der Waals surface area contributed by atoms with Gasteiger partial charge in [0.2, 0.25) is 0 Å². The molecule has 6 heteroatoms. The first-order valence-corrected chi connectivity index (χ1v) is 10.8. The molecule has 32 heavy (non-hydrogen) atoms. The molecule has 0 aliphatic heterocycles. The third-order valence-electron chi connectivity index (χ3n) is 5.47. The fraction of sp³-hybridized carbons (Fsp3) is 0.346. The van der Waals surface area contributed by atoms with Gasteiger partial charge in [-0.2, -0.15) is 18.4 Å². The van der Waals surface area contributed by atoms with Gasteiger partial charge in [-0.05, 0) is 60.3 Å². The Kier molecular flexibility index (Phi) is 7.76. The predicted molar refractivity (Wildman–Crippen MR) is 120 cm³/mol. The van der Waals surface area contributed by atoms with Gasteiger partial charge < -0.3 is 4.57 Å². The molecule has 0 N–H and O–H groups in total. The molecule has 2 aromatic carbocycles. The lowest BCUT2D eigenvalue weighted by atomic mass is 10.1. The summed E-state index contributed by atoms with van der Waals surface area (Å²) in [6, 6.07) is 19.3. The van der Waals surface area contributed by atoms with Crippen molar-refractivity contribution in [3.8, 4) is 6.07 Å². The van der Waals surface area contributed by atoms with E-state index in [2.05, 4.69) is 24.8 Å². The maximum absolute atomic E-state index is 13.1. The third-order valence-corrected chi connectivity index (χ3v) is 5.47. The molecule has 168 valence electrons. The number of aromatic nitrogens is 1. The van der Waals surface area contributed by atoms with E-state index in [1.807, 2.05) is 47.2 Å². The van der Waals surface area contributed by atoms with Crippen molar-refractivity contribution in [2.45, 2.75) is 46.1 Å². The number of benzene rings is 2. The molecule has 0 unspecified atom stereocenters. The molecular weight excluding hydrogens is 411 g/mol. The van der Waals surface area contributed by atoms with Crippen molar-refractivity contribution in [1.82, 2.24) is 9.47 Å². The van der Waals surface area contributed by atoms with E-state index in [9.17, 15) is 18.4 Å². The number of nitrogens with zero attached hydrogens (tertiary/aromatic N) is 3. The van der Waals surface area contributed by atoms with Gasteiger partial charge in [-0.1, -0.05) is 44.2 Å². The molecular formula is C26H28F3N3. The van der Waals surface area contributed by atoms with E-state index in [-0.39, 0.29) is 0 Å². The largest absolute Gasteiger partial charge is 0.416 e. The topological polar surface area (TPSA) is 32.0 Å². The lowest BCUT2D eigenvalue weighted by Gasteiger charge is -2.25. The summed E-state index contributed by atoms with van der Waals surface area (Å²) in [5.74, 6) is 0.542. The van der Waals surface area contributed by atoms with E-state index in [1.165, 1.54) is 12.1 Å². The van der Waals surface area contributed by atoms with E-state index < -0.39 is 11.7 Å². The van der Waals surface area contributed by atoms with Crippen LogP contribution in [0.3, 0.4) is 0 Å². The third kappa shape index (κ3) is 6.48. The van der Waals surface area contributed by atoms with E-state index >= 15 is 0 Å². The summed E-state index contributed by atoms with van der Waals surface area (Å²) >= 11 is 0. The lowest BCUT2D eigenvalue weighted by Crippen LogP contribution is -2.26. The summed E-state index contributed by atoms with van der Waals surface area (Å²) < 4.78 is 41.2. The molecule has 0 amide bonds. The molecule has 0 aliphatic rings. The van der Waals surface area contributed by atoms with E-state index in [1.54, 1.807) is 6.07 Å². The van der Waals surface area contributed by atoms with E-state index in [0.29, 0.717) is 36.7 Å². The van der Waals surface area contributed by atoms with Crippen LogP contribution in [0, 0.1) is 17.2 Å². The van der Waals surface area contributed by atoms with Crippen LogP contribution < -0.4 is 0 Å². The zero-order valence-electron chi connectivity index (χ0n) is 18.4. The van der Waals surface area contributed by atoms with Crippen LogP contribution in [0.4, 0.5) is 13.2 Å². The Hall–Kier alpha value is -3.04. The van der Waals surface area contributed by atoms with E-state index in [0.717, 1.165) is 30.3 Å². The van der Waals surface area contributed by atoms with Crippen LogP contribution in [0.15, 0.2) is 66.9 Å². The number of rotatable bonds is 9. The SMILES string of the molecule is CC(C)CCN(Cc1ccccc1C#N)Cc1cccn1Cc1cccc(C(F)(F)F)c1. The standard InChI is InChI=1S/C26H28F3N3/c1-20(2)12-14-31(18-23-9-4-3-8-22(23)16-30)19-25-11-6-13-32(25)17-21-7-5-10-24(15-21)26(27,28)29/h3-11,13,15,20H,12,14,17-19H2,1-2H3. The highest BCUT2D eigenvalue weighted by Gasteiger charge is 2.30. The van der Waals surface area contributed by atoms with Gasteiger partial charge in [0.25, 0.3) is 0 Å². The first kappa shape index (κ1) is 23.6. The molecule has 0 aliphatic carbocycles. The number of nitriles is 1. The van der Waals surface area contributed by atoms with Crippen molar-refractivity contribution in [2.24, 2.45) is 5.92 Å². The second-order valence-corrected chi connectivity index (χ2v) is 8.49. The minimum Gasteiger partial charge on any atom is -0.346 e. The highest BCUT2D eigenvalue weighted by molar-refractivity contribution is 5.37. The van der Waals surface area contributed by atoms with Crippen LogP contribution in [0.5, 0.6) is 0 Å². The minimum atomic E-state index is -4.35. The first-order chi connectivity index (χ1) is 15.3. The van der Waals surface area contributed by atoms with Crippen molar-refractivity contribution in [2.75, 3.05) is 6.54 Å². The maximum atomic E-state index is 13.1. The highest BCUT2D eigenvalue weighted by atomic mass is 19.4. The summed E-state index contributed by atoms with van der Waals surface area (Å²) in [5, 5.41) is 9.44. The Bertz CT molecular complexity index is 1060. The van der Waals surface area contributed by atoms with Gasteiger partial charge in [0, 0.05) is 31.5 Å².